The average molecular weight is 254 g/mol. The SMILES string of the molecule is Cc1cc(CO)[nH]c1/C=C1/C(=O)Nc2ccccc21. The number of amides is 1. The molecule has 0 spiro atoms. The highest BCUT2D eigenvalue weighted by Crippen LogP contribution is 2.32. The first-order chi connectivity index (χ1) is 9.19. The number of nitrogens with one attached hydrogen (secondary N) is 2. The van der Waals surface area contributed by atoms with E-state index in [2.05, 4.69) is 10.3 Å². The molecule has 1 aliphatic rings. The molecule has 3 N–H and O–H groups in total. The average Bonchev–Trinajstić information content (AvgIpc) is 2.92. The smallest absolute Gasteiger partial charge is 0.256 e. The molecule has 3 rings (SSSR count). The van der Waals surface area contributed by atoms with Gasteiger partial charge in [0.1, 0.15) is 0 Å². The first-order valence-electron chi connectivity index (χ1n) is 6.11. The number of H-pyrrole nitrogens is 1. The summed E-state index contributed by atoms with van der Waals surface area (Å²) in [7, 11) is 0. The van der Waals surface area contributed by atoms with Crippen LogP contribution in [0.15, 0.2) is 30.3 Å². The second-order valence-electron chi connectivity index (χ2n) is 4.61. The largest absolute Gasteiger partial charge is 0.390 e. The van der Waals surface area contributed by atoms with Gasteiger partial charge < -0.3 is 15.4 Å². The third kappa shape index (κ3) is 1.96. The summed E-state index contributed by atoms with van der Waals surface area (Å²) in [5, 5.41) is 12.0. The van der Waals surface area contributed by atoms with Gasteiger partial charge >= 0.3 is 0 Å². The Hall–Kier alpha value is -2.33. The van der Waals surface area contributed by atoms with Crippen LogP contribution in [0.25, 0.3) is 11.6 Å². The van der Waals surface area contributed by atoms with Gasteiger partial charge in [-0.2, -0.15) is 0 Å². The van der Waals surface area contributed by atoms with E-state index in [1.165, 1.54) is 0 Å². The summed E-state index contributed by atoms with van der Waals surface area (Å²) in [6.07, 6.45) is 1.83. The first-order valence-corrected chi connectivity index (χ1v) is 6.11. The molecule has 0 fully saturated rings. The number of rotatable bonds is 2. The van der Waals surface area contributed by atoms with Crippen LogP contribution in [-0.2, 0) is 11.4 Å². The Morgan fingerprint density at radius 2 is 2.11 bits per heavy atom. The van der Waals surface area contributed by atoms with Crippen molar-refractivity contribution in [2.45, 2.75) is 13.5 Å². The second-order valence-corrected chi connectivity index (χ2v) is 4.61. The molecular formula is C15H14N2O2. The molecule has 1 aliphatic heterocycles. The van der Waals surface area contributed by atoms with Crippen molar-refractivity contribution in [3.8, 4) is 0 Å². The summed E-state index contributed by atoms with van der Waals surface area (Å²) in [5.41, 5.74) is 5.00. The zero-order chi connectivity index (χ0) is 13.4. The number of hydrogen-bond donors (Lipinski definition) is 3. The summed E-state index contributed by atoms with van der Waals surface area (Å²) in [5.74, 6) is -0.0965. The fraction of sp³-hybridized carbons (Fsp3) is 0.133. The van der Waals surface area contributed by atoms with Gasteiger partial charge in [0.25, 0.3) is 5.91 Å². The van der Waals surface area contributed by atoms with Crippen LogP contribution in [0.4, 0.5) is 5.69 Å². The van der Waals surface area contributed by atoms with Crippen LogP contribution >= 0.6 is 0 Å². The highest BCUT2D eigenvalue weighted by atomic mass is 16.3. The van der Waals surface area contributed by atoms with Crippen molar-refractivity contribution in [1.29, 1.82) is 0 Å². The maximum atomic E-state index is 12.0. The predicted octanol–water partition coefficient (Wildman–Crippen LogP) is 2.31. The van der Waals surface area contributed by atoms with E-state index in [4.69, 9.17) is 5.11 Å². The molecule has 0 saturated heterocycles. The second kappa shape index (κ2) is 4.40. The summed E-state index contributed by atoms with van der Waals surface area (Å²) in [6.45, 7) is 1.91. The lowest BCUT2D eigenvalue weighted by molar-refractivity contribution is -0.110. The molecule has 1 amide bonds. The first kappa shape index (κ1) is 11.7. The van der Waals surface area contributed by atoms with Crippen molar-refractivity contribution in [1.82, 2.24) is 4.98 Å². The summed E-state index contributed by atoms with van der Waals surface area (Å²) < 4.78 is 0. The summed E-state index contributed by atoms with van der Waals surface area (Å²) >= 11 is 0. The fourth-order valence-corrected chi connectivity index (χ4v) is 2.31. The quantitative estimate of drug-likeness (QED) is 0.720. The van der Waals surface area contributed by atoms with Gasteiger partial charge in [0.15, 0.2) is 0 Å². The maximum absolute atomic E-state index is 12.0. The summed E-state index contributed by atoms with van der Waals surface area (Å²) in [4.78, 5) is 15.1. The van der Waals surface area contributed by atoms with E-state index in [9.17, 15) is 4.79 Å². The van der Waals surface area contributed by atoms with E-state index in [-0.39, 0.29) is 12.5 Å². The van der Waals surface area contributed by atoms with Gasteiger partial charge in [0.05, 0.1) is 12.2 Å². The van der Waals surface area contributed by atoms with Crippen molar-refractivity contribution < 1.29 is 9.90 Å². The molecule has 1 aromatic heterocycles. The van der Waals surface area contributed by atoms with Gasteiger partial charge in [0, 0.05) is 22.6 Å². The molecule has 0 radical (unpaired) electrons. The Labute approximate surface area is 110 Å². The van der Waals surface area contributed by atoms with Gasteiger partial charge in [-0.15, -0.1) is 0 Å². The van der Waals surface area contributed by atoms with Crippen LogP contribution in [0.2, 0.25) is 0 Å². The Morgan fingerprint density at radius 3 is 2.84 bits per heavy atom. The molecule has 2 aromatic rings. The molecule has 4 heteroatoms. The number of aliphatic hydroxyl groups is 1. The van der Waals surface area contributed by atoms with Gasteiger partial charge in [0.2, 0.25) is 0 Å². The molecule has 0 aliphatic carbocycles. The van der Waals surface area contributed by atoms with E-state index in [1.807, 2.05) is 43.3 Å². The van der Waals surface area contributed by atoms with Crippen LogP contribution in [-0.4, -0.2) is 16.0 Å². The maximum Gasteiger partial charge on any atom is 0.256 e. The number of anilines is 1. The number of benzene rings is 1. The number of carbonyl (C=O) groups is 1. The molecule has 2 heterocycles. The lowest BCUT2D eigenvalue weighted by Gasteiger charge is -1.97. The summed E-state index contributed by atoms with van der Waals surface area (Å²) in [6, 6.07) is 9.49. The number of fused-ring (bicyclic) bond motifs is 1. The third-order valence-electron chi connectivity index (χ3n) is 3.28. The van der Waals surface area contributed by atoms with Crippen LogP contribution < -0.4 is 5.32 Å². The van der Waals surface area contributed by atoms with Crippen molar-refractivity contribution >= 4 is 23.2 Å². The van der Waals surface area contributed by atoms with E-state index in [0.717, 1.165) is 28.2 Å². The molecule has 1 aromatic carbocycles. The topological polar surface area (TPSA) is 65.1 Å². The number of aromatic nitrogens is 1. The number of carbonyl (C=O) groups excluding carboxylic acids is 1. The Bertz CT molecular complexity index is 683. The third-order valence-corrected chi connectivity index (χ3v) is 3.28. The number of aryl methyl sites for hydroxylation is 1. The zero-order valence-corrected chi connectivity index (χ0v) is 10.5. The molecule has 19 heavy (non-hydrogen) atoms. The molecule has 0 atom stereocenters. The van der Waals surface area contributed by atoms with Crippen LogP contribution in [0, 0.1) is 6.92 Å². The Kier molecular flexibility index (Phi) is 2.72. The molecule has 0 bridgehead atoms. The minimum Gasteiger partial charge on any atom is -0.390 e. The van der Waals surface area contributed by atoms with Gasteiger partial charge in [-0.1, -0.05) is 18.2 Å². The molecular weight excluding hydrogens is 240 g/mol. The van der Waals surface area contributed by atoms with E-state index in [1.54, 1.807) is 0 Å². The zero-order valence-electron chi connectivity index (χ0n) is 10.5. The van der Waals surface area contributed by atoms with Crippen LogP contribution in [0.3, 0.4) is 0 Å². The standard InChI is InChI=1S/C15H14N2O2/c1-9-6-10(8-18)16-14(9)7-12-11-4-2-3-5-13(11)17-15(12)19/h2-7,16,18H,8H2,1H3,(H,17,19)/b12-7+. The lowest BCUT2D eigenvalue weighted by Crippen LogP contribution is -2.03. The van der Waals surface area contributed by atoms with Crippen molar-refractivity contribution in [2.75, 3.05) is 5.32 Å². The number of hydrogen-bond acceptors (Lipinski definition) is 2. The van der Waals surface area contributed by atoms with Gasteiger partial charge in [-0.3, -0.25) is 4.79 Å². The van der Waals surface area contributed by atoms with Crippen LogP contribution in [0.1, 0.15) is 22.5 Å². The van der Waals surface area contributed by atoms with Gasteiger partial charge in [-0.25, -0.2) is 0 Å². The number of aliphatic hydroxyl groups excluding tert-OH is 1. The van der Waals surface area contributed by atoms with Gasteiger partial charge in [-0.05, 0) is 30.7 Å². The highest BCUT2D eigenvalue weighted by molar-refractivity contribution is 6.34. The number of aromatic amines is 1. The monoisotopic (exact) mass is 254 g/mol. The fourth-order valence-electron chi connectivity index (χ4n) is 2.31. The van der Waals surface area contributed by atoms with Crippen molar-refractivity contribution in [3.05, 3.63) is 52.8 Å². The van der Waals surface area contributed by atoms with E-state index < -0.39 is 0 Å². The minimum atomic E-state index is -0.0965. The van der Waals surface area contributed by atoms with E-state index in [0.29, 0.717) is 5.57 Å². The Morgan fingerprint density at radius 1 is 1.32 bits per heavy atom. The Balaban J connectivity index is 2.08. The van der Waals surface area contributed by atoms with E-state index >= 15 is 0 Å². The minimum absolute atomic E-state index is 0.0349. The number of para-hydroxylation sites is 1. The van der Waals surface area contributed by atoms with Crippen molar-refractivity contribution in [3.63, 3.8) is 0 Å². The normalized spacial score (nSPS) is 15.7. The molecule has 0 saturated carbocycles. The molecule has 96 valence electrons. The lowest BCUT2D eigenvalue weighted by atomic mass is 10.1. The van der Waals surface area contributed by atoms with Crippen LogP contribution in [0.5, 0.6) is 0 Å². The molecule has 4 nitrogen and oxygen atoms in total. The molecule has 0 unspecified atom stereocenters. The highest BCUT2D eigenvalue weighted by Gasteiger charge is 2.23. The predicted molar refractivity (Wildman–Crippen MR) is 74.4 cm³/mol. The van der Waals surface area contributed by atoms with Crippen molar-refractivity contribution in [2.24, 2.45) is 0 Å².